The lowest BCUT2D eigenvalue weighted by molar-refractivity contribution is 0.397. The first-order chi connectivity index (χ1) is 7.38. The van der Waals surface area contributed by atoms with Crippen LogP contribution in [-0.2, 0) is 6.54 Å². The summed E-state index contributed by atoms with van der Waals surface area (Å²) in [7, 11) is 1.57. The molecule has 0 saturated heterocycles. The Labute approximate surface area is 87.1 Å². The molecule has 15 heavy (non-hydrogen) atoms. The number of ether oxygens (including phenoxy) is 1. The highest BCUT2D eigenvalue weighted by molar-refractivity contribution is 5.27. The average molecular weight is 205 g/mol. The molecular formula is C10H11N3O2. The third-order valence-corrected chi connectivity index (χ3v) is 1.84. The van der Waals surface area contributed by atoms with Crippen LogP contribution in [0.25, 0.3) is 0 Å². The van der Waals surface area contributed by atoms with Crippen molar-refractivity contribution in [2.24, 2.45) is 0 Å². The fraction of sp³-hybridized carbons (Fsp3) is 0.200. The molecule has 0 aliphatic carbocycles. The highest BCUT2D eigenvalue weighted by atomic mass is 16.5. The molecule has 5 heteroatoms. The van der Waals surface area contributed by atoms with Crippen LogP contribution in [0.15, 0.2) is 35.1 Å². The van der Waals surface area contributed by atoms with Crippen molar-refractivity contribution in [3.63, 3.8) is 0 Å². The summed E-state index contributed by atoms with van der Waals surface area (Å²) in [4.78, 5) is 8.15. The van der Waals surface area contributed by atoms with Crippen LogP contribution in [0.4, 0.5) is 5.95 Å². The molecule has 78 valence electrons. The van der Waals surface area contributed by atoms with E-state index < -0.39 is 0 Å². The minimum atomic E-state index is 0.519. The molecule has 5 nitrogen and oxygen atoms in total. The quantitative estimate of drug-likeness (QED) is 0.823. The monoisotopic (exact) mass is 205 g/mol. The van der Waals surface area contributed by atoms with E-state index in [-0.39, 0.29) is 0 Å². The van der Waals surface area contributed by atoms with Crippen molar-refractivity contribution in [3.05, 3.63) is 36.4 Å². The summed E-state index contributed by atoms with van der Waals surface area (Å²) in [5.41, 5.74) is 0. The number of nitrogens with zero attached hydrogens (tertiary/aromatic N) is 2. The van der Waals surface area contributed by atoms with Crippen LogP contribution in [0.1, 0.15) is 5.76 Å². The third-order valence-electron chi connectivity index (χ3n) is 1.84. The zero-order valence-corrected chi connectivity index (χ0v) is 8.30. The third kappa shape index (κ3) is 2.46. The van der Waals surface area contributed by atoms with Crippen LogP contribution < -0.4 is 10.1 Å². The summed E-state index contributed by atoms with van der Waals surface area (Å²) in [6, 6.07) is 5.41. The smallest absolute Gasteiger partial charge is 0.226 e. The zero-order chi connectivity index (χ0) is 10.5. The van der Waals surface area contributed by atoms with Gasteiger partial charge in [0.25, 0.3) is 0 Å². The predicted octanol–water partition coefficient (Wildman–Crippen LogP) is 1.69. The van der Waals surface area contributed by atoms with Crippen molar-refractivity contribution in [1.82, 2.24) is 9.97 Å². The van der Waals surface area contributed by atoms with E-state index >= 15 is 0 Å². The molecular weight excluding hydrogens is 194 g/mol. The molecule has 2 heterocycles. The van der Waals surface area contributed by atoms with Gasteiger partial charge in [0.05, 0.1) is 19.9 Å². The first-order valence-corrected chi connectivity index (χ1v) is 4.52. The van der Waals surface area contributed by atoms with Crippen LogP contribution in [0, 0.1) is 0 Å². The van der Waals surface area contributed by atoms with Crippen molar-refractivity contribution in [1.29, 1.82) is 0 Å². The first kappa shape index (κ1) is 9.51. The van der Waals surface area contributed by atoms with Crippen LogP contribution >= 0.6 is 0 Å². The minimum absolute atomic E-state index is 0.519. The van der Waals surface area contributed by atoms with E-state index in [1.165, 1.54) is 0 Å². The van der Waals surface area contributed by atoms with Crippen molar-refractivity contribution in [3.8, 4) is 5.88 Å². The van der Waals surface area contributed by atoms with E-state index in [1.807, 2.05) is 12.1 Å². The summed E-state index contributed by atoms with van der Waals surface area (Å²) >= 11 is 0. The second-order valence-electron chi connectivity index (χ2n) is 2.86. The normalized spacial score (nSPS) is 9.93. The summed E-state index contributed by atoms with van der Waals surface area (Å²) in [6.45, 7) is 0.556. The molecule has 2 aromatic rings. The van der Waals surface area contributed by atoms with E-state index in [9.17, 15) is 0 Å². The number of nitrogens with one attached hydrogen (secondary N) is 1. The number of furan rings is 1. The Morgan fingerprint density at radius 3 is 3.13 bits per heavy atom. The highest BCUT2D eigenvalue weighted by Gasteiger charge is 1.99. The largest absolute Gasteiger partial charge is 0.481 e. The molecule has 0 aliphatic heterocycles. The van der Waals surface area contributed by atoms with Crippen LogP contribution in [0.3, 0.4) is 0 Å². The van der Waals surface area contributed by atoms with E-state index in [0.717, 1.165) is 5.76 Å². The minimum Gasteiger partial charge on any atom is -0.481 e. The van der Waals surface area contributed by atoms with Crippen molar-refractivity contribution >= 4 is 5.95 Å². The molecule has 2 rings (SSSR count). The molecule has 0 aromatic carbocycles. The fourth-order valence-corrected chi connectivity index (χ4v) is 1.12. The van der Waals surface area contributed by atoms with Gasteiger partial charge in [0.2, 0.25) is 11.8 Å². The number of hydrogen-bond acceptors (Lipinski definition) is 5. The van der Waals surface area contributed by atoms with Gasteiger partial charge in [-0.15, -0.1) is 0 Å². The van der Waals surface area contributed by atoms with Crippen LogP contribution in [0.2, 0.25) is 0 Å². The summed E-state index contributed by atoms with van der Waals surface area (Å²) < 4.78 is 10.1. The van der Waals surface area contributed by atoms with Crippen molar-refractivity contribution in [2.45, 2.75) is 6.54 Å². The van der Waals surface area contributed by atoms with Gasteiger partial charge in [-0.3, -0.25) is 0 Å². The summed E-state index contributed by atoms with van der Waals surface area (Å²) in [5, 5.41) is 3.03. The molecule has 0 amide bonds. The Morgan fingerprint density at radius 1 is 1.47 bits per heavy atom. The second kappa shape index (κ2) is 4.45. The number of aromatic nitrogens is 2. The van der Waals surface area contributed by atoms with Gasteiger partial charge in [0.1, 0.15) is 5.76 Å². The van der Waals surface area contributed by atoms with E-state index in [0.29, 0.717) is 18.4 Å². The molecule has 0 saturated carbocycles. The lowest BCUT2D eigenvalue weighted by atomic mass is 10.4. The Balaban J connectivity index is 1.98. The molecule has 0 spiro atoms. The van der Waals surface area contributed by atoms with Gasteiger partial charge in [-0.25, -0.2) is 4.98 Å². The maximum Gasteiger partial charge on any atom is 0.226 e. The Hall–Kier alpha value is -2.04. The van der Waals surface area contributed by atoms with Crippen LogP contribution in [-0.4, -0.2) is 17.1 Å². The lowest BCUT2D eigenvalue weighted by Crippen LogP contribution is -2.03. The van der Waals surface area contributed by atoms with E-state index in [2.05, 4.69) is 15.3 Å². The second-order valence-corrected chi connectivity index (χ2v) is 2.86. The molecule has 0 bridgehead atoms. The highest BCUT2D eigenvalue weighted by Crippen LogP contribution is 2.08. The van der Waals surface area contributed by atoms with E-state index in [4.69, 9.17) is 9.15 Å². The van der Waals surface area contributed by atoms with E-state index in [1.54, 1.807) is 25.6 Å². The average Bonchev–Trinajstić information content (AvgIpc) is 2.79. The molecule has 0 aliphatic rings. The van der Waals surface area contributed by atoms with Gasteiger partial charge in [0.15, 0.2) is 0 Å². The van der Waals surface area contributed by atoms with Gasteiger partial charge >= 0.3 is 0 Å². The standard InChI is InChI=1S/C10H11N3O2/c1-14-9-4-5-11-10(13-9)12-7-8-3-2-6-15-8/h2-6H,7H2,1H3,(H,11,12,13). The van der Waals surface area contributed by atoms with Gasteiger partial charge in [-0.1, -0.05) is 0 Å². The summed E-state index contributed by atoms with van der Waals surface area (Å²) in [5.74, 6) is 1.89. The maximum absolute atomic E-state index is 5.16. The van der Waals surface area contributed by atoms with Crippen molar-refractivity contribution in [2.75, 3.05) is 12.4 Å². The molecule has 1 N–H and O–H groups in total. The molecule has 0 radical (unpaired) electrons. The van der Waals surface area contributed by atoms with Crippen molar-refractivity contribution < 1.29 is 9.15 Å². The number of rotatable bonds is 4. The lowest BCUT2D eigenvalue weighted by Gasteiger charge is -2.03. The number of methoxy groups -OCH3 is 1. The topological polar surface area (TPSA) is 60.2 Å². The van der Waals surface area contributed by atoms with Gasteiger partial charge in [-0.05, 0) is 12.1 Å². The fourth-order valence-electron chi connectivity index (χ4n) is 1.12. The molecule has 0 fully saturated rings. The zero-order valence-electron chi connectivity index (χ0n) is 8.30. The predicted molar refractivity (Wildman–Crippen MR) is 54.6 cm³/mol. The molecule has 2 aromatic heterocycles. The van der Waals surface area contributed by atoms with Crippen LogP contribution in [0.5, 0.6) is 5.88 Å². The Bertz CT molecular complexity index is 414. The molecule has 0 atom stereocenters. The van der Waals surface area contributed by atoms with Gasteiger partial charge < -0.3 is 14.5 Å². The maximum atomic E-state index is 5.16. The van der Waals surface area contributed by atoms with Gasteiger partial charge in [-0.2, -0.15) is 4.98 Å². The summed E-state index contributed by atoms with van der Waals surface area (Å²) in [6.07, 6.45) is 3.26. The Morgan fingerprint density at radius 2 is 2.40 bits per heavy atom. The SMILES string of the molecule is COc1ccnc(NCc2ccco2)n1. The Kier molecular flexibility index (Phi) is 2.82. The molecule has 0 unspecified atom stereocenters. The van der Waals surface area contributed by atoms with Gasteiger partial charge in [0, 0.05) is 12.3 Å². The number of hydrogen-bond donors (Lipinski definition) is 1. The first-order valence-electron chi connectivity index (χ1n) is 4.52. The number of anilines is 1.